The molecule has 0 bridgehead atoms. The largest absolute Gasteiger partial charge is 0.373 e. The van der Waals surface area contributed by atoms with Crippen molar-refractivity contribution in [2.24, 2.45) is 5.73 Å². The number of rotatable bonds is 6. The Hall–Kier alpha value is -0.940. The fourth-order valence-corrected chi connectivity index (χ4v) is 2.19. The number of hydrogen-bond donors (Lipinski definition) is 1. The second-order valence-corrected chi connectivity index (χ2v) is 4.95. The van der Waals surface area contributed by atoms with Gasteiger partial charge in [-0.3, -0.25) is 0 Å². The first-order valence-electron chi connectivity index (χ1n) is 6.31. The van der Waals surface area contributed by atoms with Crippen molar-refractivity contribution in [2.45, 2.75) is 57.1 Å². The Labute approximate surface area is 102 Å². The molecule has 0 spiro atoms. The third kappa shape index (κ3) is 2.84. The summed E-state index contributed by atoms with van der Waals surface area (Å²) < 4.78 is 10.6. The Balaban J connectivity index is 1.99. The van der Waals surface area contributed by atoms with Gasteiger partial charge < -0.3 is 15.0 Å². The van der Waals surface area contributed by atoms with Gasteiger partial charge in [0.15, 0.2) is 0 Å². The van der Waals surface area contributed by atoms with Crippen molar-refractivity contribution in [3.8, 4) is 0 Å². The smallest absolute Gasteiger partial charge is 0.228 e. The van der Waals surface area contributed by atoms with Gasteiger partial charge in [0, 0.05) is 19.1 Å². The Kier molecular flexibility index (Phi) is 3.79. The number of ether oxygens (including phenoxy) is 1. The molecule has 17 heavy (non-hydrogen) atoms. The predicted molar refractivity (Wildman–Crippen MR) is 63.4 cm³/mol. The molecule has 1 aliphatic carbocycles. The molecule has 96 valence electrons. The second-order valence-electron chi connectivity index (χ2n) is 4.95. The summed E-state index contributed by atoms with van der Waals surface area (Å²) in [5.41, 5.74) is 6.04. The van der Waals surface area contributed by atoms with Crippen LogP contribution < -0.4 is 5.73 Å². The van der Waals surface area contributed by atoms with E-state index in [1.165, 1.54) is 6.42 Å². The predicted octanol–water partition coefficient (Wildman–Crippen LogP) is 1.98. The number of nitrogens with two attached hydrogens (primary N) is 1. The molecule has 0 radical (unpaired) electrons. The summed E-state index contributed by atoms with van der Waals surface area (Å²) >= 11 is 0. The molecule has 1 fully saturated rings. The van der Waals surface area contributed by atoms with Crippen molar-refractivity contribution in [3.05, 3.63) is 11.7 Å². The molecular weight excluding hydrogens is 218 g/mol. The Morgan fingerprint density at radius 3 is 2.82 bits per heavy atom. The lowest BCUT2D eigenvalue weighted by atomic mass is 9.75. The van der Waals surface area contributed by atoms with Crippen LogP contribution in [0, 0.1) is 0 Å². The maximum atomic E-state index is 6.15. The van der Waals surface area contributed by atoms with E-state index in [2.05, 4.69) is 17.1 Å². The number of aromatic nitrogens is 2. The standard InChI is InChI=1S/C12H21N3O2/c1-3-5-9(16-2)11-14-10(17-15-11)8-12(13)6-4-7-12/h9H,3-8,13H2,1-2H3. The molecule has 1 atom stereocenters. The molecule has 2 N–H and O–H groups in total. The molecule has 0 amide bonds. The van der Waals surface area contributed by atoms with Gasteiger partial charge in [0.1, 0.15) is 6.10 Å². The summed E-state index contributed by atoms with van der Waals surface area (Å²) in [6.45, 7) is 2.11. The van der Waals surface area contributed by atoms with Crippen LogP contribution in [-0.4, -0.2) is 22.8 Å². The molecule has 1 unspecified atom stereocenters. The average molecular weight is 239 g/mol. The maximum absolute atomic E-state index is 6.15. The minimum absolute atomic E-state index is 0.0624. The van der Waals surface area contributed by atoms with E-state index >= 15 is 0 Å². The monoisotopic (exact) mass is 239 g/mol. The number of nitrogens with zero attached hydrogens (tertiary/aromatic N) is 2. The summed E-state index contributed by atoms with van der Waals surface area (Å²) in [6.07, 6.45) is 5.86. The first-order chi connectivity index (χ1) is 8.17. The van der Waals surface area contributed by atoms with E-state index in [1.807, 2.05) is 0 Å². The molecule has 1 aromatic heterocycles. The molecule has 5 heteroatoms. The third-order valence-electron chi connectivity index (χ3n) is 3.46. The minimum Gasteiger partial charge on any atom is -0.373 e. The average Bonchev–Trinajstić information content (AvgIpc) is 2.72. The van der Waals surface area contributed by atoms with Gasteiger partial charge in [0.2, 0.25) is 11.7 Å². The van der Waals surface area contributed by atoms with Crippen LogP contribution in [0.1, 0.15) is 56.8 Å². The Morgan fingerprint density at radius 1 is 1.53 bits per heavy atom. The van der Waals surface area contributed by atoms with Gasteiger partial charge in [-0.1, -0.05) is 18.5 Å². The van der Waals surface area contributed by atoms with Crippen LogP contribution in [0.4, 0.5) is 0 Å². The van der Waals surface area contributed by atoms with Crippen molar-refractivity contribution >= 4 is 0 Å². The van der Waals surface area contributed by atoms with E-state index in [1.54, 1.807) is 7.11 Å². The summed E-state index contributed by atoms with van der Waals surface area (Å²) in [6, 6.07) is 0. The Bertz CT molecular complexity index is 360. The second kappa shape index (κ2) is 5.14. The van der Waals surface area contributed by atoms with Crippen molar-refractivity contribution in [1.82, 2.24) is 10.1 Å². The molecule has 1 heterocycles. The van der Waals surface area contributed by atoms with E-state index in [9.17, 15) is 0 Å². The lowest BCUT2D eigenvalue weighted by Crippen LogP contribution is -2.48. The third-order valence-corrected chi connectivity index (χ3v) is 3.46. The lowest BCUT2D eigenvalue weighted by Gasteiger charge is -2.36. The molecule has 1 aromatic rings. The van der Waals surface area contributed by atoms with Gasteiger partial charge in [-0.15, -0.1) is 0 Å². The fraction of sp³-hybridized carbons (Fsp3) is 0.833. The quantitative estimate of drug-likeness (QED) is 0.821. The van der Waals surface area contributed by atoms with E-state index in [0.29, 0.717) is 18.1 Å². The van der Waals surface area contributed by atoms with E-state index in [0.717, 1.165) is 25.7 Å². The van der Waals surface area contributed by atoms with E-state index in [4.69, 9.17) is 15.0 Å². The minimum atomic E-state index is -0.114. The molecule has 1 aliphatic rings. The SMILES string of the molecule is CCCC(OC)c1noc(CC2(N)CCC2)n1. The van der Waals surface area contributed by atoms with Crippen LogP contribution in [0.15, 0.2) is 4.52 Å². The van der Waals surface area contributed by atoms with E-state index < -0.39 is 0 Å². The maximum Gasteiger partial charge on any atom is 0.228 e. The summed E-state index contributed by atoms with van der Waals surface area (Å²) in [5, 5.41) is 3.98. The highest BCUT2D eigenvalue weighted by Crippen LogP contribution is 2.32. The summed E-state index contributed by atoms with van der Waals surface area (Å²) in [7, 11) is 1.67. The summed E-state index contributed by atoms with van der Waals surface area (Å²) in [5.74, 6) is 1.28. The van der Waals surface area contributed by atoms with E-state index in [-0.39, 0.29) is 11.6 Å². The first-order valence-corrected chi connectivity index (χ1v) is 6.31. The van der Waals surface area contributed by atoms with Gasteiger partial charge >= 0.3 is 0 Å². The zero-order valence-electron chi connectivity index (χ0n) is 10.6. The molecule has 1 saturated carbocycles. The normalized spacial score (nSPS) is 19.9. The zero-order chi connectivity index (χ0) is 12.3. The highest BCUT2D eigenvalue weighted by molar-refractivity contribution is 5.01. The molecule has 0 saturated heterocycles. The lowest BCUT2D eigenvalue weighted by molar-refractivity contribution is 0.0854. The fourth-order valence-electron chi connectivity index (χ4n) is 2.19. The number of hydrogen-bond acceptors (Lipinski definition) is 5. The van der Waals surface area contributed by atoms with Gasteiger partial charge in [-0.2, -0.15) is 4.98 Å². The van der Waals surface area contributed by atoms with Gasteiger partial charge in [0.25, 0.3) is 0 Å². The van der Waals surface area contributed by atoms with Gasteiger partial charge in [0.05, 0.1) is 0 Å². The summed E-state index contributed by atoms with van der Waals surface area (Å²) in [4.78, 5) is 4.38. The van der Waals surface area contributed by atoms with Crippen LogP contribution >= 0.6 is 0 Å². The molecule has 0 aromatic carbocycles. The Morgan fingerprint density at radius 2 is 2.29 bits per heavy atom. The first kappa shape index (κ1) is 12.5. The van der Waals surface area contributed by atoms with Gasteiger partial charge in [-0.25, -0.2) is 0 Å². The molecule has 5 nitrogen and oxygen atoms in total. The number of methoxy groups -OCH3 is 1. The van der Waals surface area contributed by atoms with Crippen LogP contribution in [0.25, 0.3) is 0 Å². The van der Waals surface area contributed by atoms with Crippen molar-refractivity contribution < 1.29 is 9.26 Å². The topological polar surface area (TPSA) is 74.2 Å². The molecular formula is C12H21N3O2. The zero-order valence-corrected chi connectivity index (χ0v) is 10.6. The molecule has 0 aliphatic heterocycles. The van der Waals surface area contributed by atoms with Crippen LogP contribution in [0.5, 0.6) is 0 Å². The molecule has 2 rings (SSSR count). The van der Waals surface area contributed by atoms with Crippen LogP contribution in [0.2, 0.25) is 0 Å². The van der Waals surface area contributed by atoms with Crippen LogP contribution in [-0.2, 0) is 11.2 Å². The van der Waals surface area contributed by atoms with Crippen molar-refractivity contribution in [1.29, 1.82) is 0 Å². The van der Waals surface area contributed by atoms with Crippen LogP contribution in [0.3, 0.4) is 0 Å². The van der Waals surface area contributed by atoms with Crippen molar-refractivity contribution in [2.75, 3.05) is 7.11 Å². The highest BCUT2D eigenvalue weighted by atomic mass is 16.5. The van der Waals surface area contributed by atoms with Crippen molar-refractivity contribution in [3.63, 3.8) is 0 Å². The van der Waals surface area contributed by atoms with Gasteiger partial charge in [-0.05, 0) is 25.7 Å². The highest BCUT2D eigenvalue weighted by Gasteiger charge is 2.34.